The lowest BCUT2D eigenvalue weighted by molar-refractivity contribution is -0.141. The van der Waals surface area contributed by atoms with Gasteiger partial charge in [0, 0.05) is 25.2 Å². The Morgan fingerprint density at radius 1 is 1.18 bits per heavy atom. The Labute approximate surface area is 168 Å². The molecule has 0 aromatic carbocycles. The molecule has 0 radical (unpaired) electrons. The molecule has 0 spiro atoms. The second kappa shape index (κ2) is 6.81. The van der Waals surface area contributed by atoms with Gasteiger partial charge < -0.3 is 5.11 Å². The summed E-state index contributed by atoms with van der Waals surface area (Å²) in [6.07, 6.45) is 9.16. The van der Waals surface area contributed by atoms with Gasteiger partial charge in [-0.05, 0) is 79.1 Å². The van der Waals surface area contributed by atoms with E-state index in [9.17, 15) is 14.4 Å². The van der Waals surface area contributed by atoms with Gasteiger partial charge in [-0.1, -0.05) is 26.3 Å². The van der Waals surface area contributed by atoms with Gasteiger partial charge in [0.15, 0.2) is 5.78 Å². The number of aliphatic carboxylic acids is 1. The summed E-state index contributed by atoms with van der Waals surface area (Å²) in [4.78, 5) is 36.3. The molecule has 0 saturated heterocycles. The van der Waals surface area contributed by atoms with E-state index in [0.29, 0.717) is 42.3 Å². The van der Waals surface area contributed by atoms with Crippen molar-refractivity contribution in [3.8, 4) is 0 Å². The normalized spacial score (nSPS) is 43.6. The minimum atomic E-state index is -0.711. The standard InChI is InChI=1S/C24H34O4/c1-14(4-7-21(27)28)17-5-6-18-22-19(9-11-24(17,18)3)23(2)10-8-16(25)12-15(23)13-20(22)26/h12,14,17-19,22H,4-11,13H2,1-3H3,(H,27,28)/t14-,17-,18?,19?,22+,23+,24-/m1/s1. The van der Waals surface area contributed by atoms with E-state index in [0.717, 1.165) is 44.1 Å². The van der Waals surface area contributed by atoms with E-state index in [1.807, 2.05) is 0 Å². The van der Waals surface area contributed by atoms with E-state index in [-0.39, 0.29) is 29.0 Å². The molecular weight excluding hydrogens is 352 g/mol. The molecule has 3 fully saturated rings. The first-order valence-corrected chi connectivity index (χ1v) is 11.1. The number of fused-ring (bicyclic) bond motifs is 5. The molecule has 0 heterocycles. The molecule has 4 heteroatoms. The highest BCUT2D eigenvalue weighted by atomic mass is 16.4. The van der Waals surface area contributed by atoms with Gasteiger partial charge in [0.1, 0.15) is 5.78 Å². The number of carbonyl (C=O) groups excluding carboxylic acids is 2. The lowest BCUT2D eigenvalue weighted by atomic mass is 9.46. The van der Waals surface area contributed by atoms with Crippen LogP contribution in [0, 0.1) is 40.4 Å². The van der Waals surface area contributed by atoms with Crippen LogP contribution in [0.2, 0.25) is 0 Å². The Bertz CT molecular complexity index is 737. The Morgan fingerprint density at radius 3 is 2.64 bits per heavy atom. The number of carbonyl (C=O) groups is 3. The van der Waals surface area contributed by atoms with Crippen LogP contribution in [0.1, 0.15) is 78.6 Å². The number of rotatable bonds is 4. The molecule has 4 rings (SSSR count). The summed E-state index contributed by atoms with van der Waals surface area (Å²) < 4.78 is 0. The van der Waals surface area contributed by atoms with E-state index in [1.165, 1.54) is 0 Å². The van der Waals surface area contributed by atoms with Crippen molar-refractivity contribution in [1.82, 2.24) is 0 Å². The zero-order valence-electron chi connectivity index (χ0n) is 17.5. The molecule has 1 N–H and O–H groups in total. The monoisotopic (exact) mass is 386 g/mol. The lowest BCUT2D eigenvalue weighted by Gasteiger charge is -2.57. The van der Waals surface area contributed by atoms with Gasteiger partial charge in [-0.25, -0.2) is 0 Å². The molecule has 4 nitrogen and oxygen atoms in total. The number of ketones is 2. The topological polar surface area (TPSA) is 71.4 Å². The van der Waals surface area contributed by atoms with Crippen molar-refractivity contribution in [2.45, 2.75) is 78.6 Å². The van der Waals surface area contributed by atoms with E-state index in [4.69, 9.17) is 5.11 Å². The Hall–Kier alpha value is -1.45. The van der Waals surface area contributed by atoms with Crippen LogP contribution in [0.4, 0.5) is 0 Å². The second-order valence-corrected chi connectivity index (χ2v) is 10.6. The van der Waals surface area contributed by atoms with Crippen molar-refractivity contribution in [3.63, 3.8) is 0 Å². The van der Waals surface area contributed by atoms with Gasteiger partial charge in [0.2, 0.25) is 0 Å². The van der Waals surface area contributed by atoms with Crippen molar-refractivity contribution in [2.75, 3.05) is 0 Å². The van der Waals surface area contributed by atoms with Crippen molar-refractivity contribution in [1.29, 1.82) is 0 Å². The molecule has 7 atom stereocenters. The zero-order chi connectivity index (χ0) is 20.3. The first kappa shape index (κ1) is 19.8. The maximum atomic E-state index is 13.3. The van der Waals surface area contributed by atoms with Gasteiger partial charge in [-0.3, -0.25) is 14.4 Å². The van der Waals surface area contributed by atoms with Gasteiger partial charge >= 0.3 is 5.97 Å². The molecule has 0 bridgehead atoms. The average Bonchev–Trinajstić information content (AvgIpc) is 2.98. The van der Waals surface area contributed by atoms with Crippen molar-refractivity contribution >= 4 is 17.5 Å². The summed E-state index contributed by atoms with van der Waals surface area (Å²) in [5.74, 6) is 1.67. The Kier molecular flexibility index (Phi) is 4.83. The minimum absolute atomic E-state index is 0.0147. The summed E-state index contributed by atoms with van der Waals surface area (Å²) in [6.45, 7) is 6.90. The van der Waals surface area contributed by atoms with E-state index in [1.54, 1.807) is 6.08 Å². The average molecular weight is 387 g/mol. The van der Waals surface area contributed by atoms with Gasteiger partial charge in [0.05, 0.1) is 0 Å². The minimum Gasteiger partial charge on any atom is -0.481 e. The number of Topliss-reactive ketones (excluding diaryl/α,β-unsaturated/α-hetero) is 1. The zero-order valence-corrected chi connectivity index (χ0v) is 17.5. The molecule has 3 saturated carbocycles. The molecule has 154 valence electrons. The third kappa shape index (κ3) is 2.90. The highest BCUT2D eigenvalue weighted by molar-refractivity contribution is 5.95. The molecule has 4 aliphatic carbocycles. The lowest BCUT2D eigenvalue weighted by Crippen LogP contribution is -2.54. The molecule has 28 heavy (non-hydrogen) atoms. The van der Waals surface area contributed by atoms with Crippen LogP contribution < -0.4 is 0 Å². The van der Waals surface area contributed by atoms with Gasteiger partial charge in [-0.15, -0.1) is 0 Å². The van der Waals surface area contributed by atoms with Crippen molar-refractivity contribution < 1.29 is 19.5 Å². The molecule has 4 aliphatic rings. The van der Waals surface area contributed by atoms with Crippen molar-refractivity contribution in [2.24, 2.45) is 40.4 Å². The van der Waals surface area contributed by atoms with Crippen LogP contribution >= 0.6 is 0 Å². The largest absolute Gasteiger partial charge is 0.481 e. The number of carboxylic acids is 1. The molecule has 0 aromatic rings. The fourth-order valence-corrected chi connectivity index (χ4v) is 7.79. The smallest absolute Gasteiger partial charge is 0.303 e. The maximum absolute atomic E-state index is 13.3. The number of allylic oxidation sites excluding steroid dienone is 1. The quantitative estimate of drug-likeness (QED) is 0.752. The Morgan fingerprint density at radius 2 is 1.93 bits per heavy atom. The van der Waals surface area contributed by atoms with Crippen LogP contribution in [0.15, 0.2) is 11.6 Å². The fourth-order valence-electron chi connectivity index (χ4n) is 7.79. The number of hydrogen-bond acceptors (Lipinski definition) is 3. The van der Waals surface area contributed by atoms with E-state index < -0.39 is 5.97 Å². The predicted octanol–water partition coefficient (Wildman–Crippen LogP) is 4.81. The number of carboxylic acid groups (broad SMARTS) is 1. The molecule has 0 aliphatic heterocycles. The third-order valence-corrected chi connectivity index (χ3v) is 9.36. The van der Waals surface area contributed by atoms with Crippen LogP contribution in [-0.2, 0) is 14.4 Å². The summed E-state index contributed by atoms with van der Waals surface area (Å²) in [5, 5.41) is 9.07. The highest BCUT2D eigenvalue weighted by Gasteiger charge is 2.61. The second-order valence-electron chi connectivity index (χ2n) is 10.6. The predicted molar refractivity (Wildman–Crippen MR) is 107 cm³/mol. The van der Waals surface area contributed by atoms with Crippen LogP contribution in [0.25, 0.3) is 0 Å². The van der Waals surface area contributed by atoms with Crippen LogP contribution in [-0.4, -0.2) is 22.6 Å². The van der Waals surface area contributed by atoms with E-state index >= 15 is 0 Å². The van der Waals surface area contributed by atoms with Crippen molar-refractivity contribution in [3.05, 3.63) is 11.6 Å². The molecule has 0 amide bonds. The van der Waals surface area contributed by atoms with Crippen LogP contribution in [0.5, 0.6) is 0 Å². The van der Waals surface area contributed by atoms with Gasteiger partial charge in [-0.2, -0.15) is 0 Å². The third-order valence-electron chi connectivity index (χ3n) is 9.36. The summed E-state index contributed by atoms with van der Waals surface area (Å²) in [6, 6.07) is 0. The Balaban J connectivity index is 1.60. The molecule has 2 unspecified atom stereocenters. The summed E-state index contributed by atoms with van der Waals surface area (Å²) in [5.41, 5.74) is 1.26. The maximum Gasteiger partial charge on any atom is 0.303 e. The first-order chi connectivity index (χ1) is 13.2. The van der Waals surface area contributed by atoms with Gasteiger partial charge in [0.25, 0.3) is 0 Å². The number of hydrogen-bond donors (Lipinski definition) is 1. The highest BCUT2D eigenvalue weighted by Crippen LogP contribution is 2.66. The first-order valence-electron chi connectivity index (χ1n) is 11.1. The summed E-state index contributed by atoms with van der Waals surface area (Å²) in [7, 11) is 0. The summed E-state index contributed by atoms with van der Waals surface area (Å²) >= 11 is 0. The van der Waals surface area contributed by atoms with Crippen LogP contribution in [0.3, 0.4) is 0 Å². The molecule has 0 aromatic heterocycles. The molecular formula is C24H34O4. The fraction of sp³-hybridized carbons (Fsp3) is 0.792. The SMILES string of the molecule is C[C@H](CCC(=O)O)[C@H]1CCC2[C@@H]3C(=O)CC4=CC(=O)CC[C@]4(C)C3CC[C@@]21C. The van der Waals surface area contributed by atoms with E-state index in [2.05, 4.69) is 20.8 Å².